The van der Waals surface area contributed by atoms with Gasteiger partial charge in [0.2, 0.25) is 0 Å². The zero-order chi connectivity index (χ0) is 8.06. The van der Waals surface area contributed by atoms with Gasteiger partial charge in [-0.25, -0.2) is 0 Å². The first-order valence-corrected chi connectivity index (χ1v) is 4.17. The minimum atomic E-state index is -0.872. The van der Waals surface area contributed by atoms with Crippen LogP contribution in [-0.4, -0.2) is 16.6 Å². The van der Waals surface area contributed by atoms with Crippen molar-refractivity contribution >= 4 is 5.97 Å². The standard InChI is InChI=1S/C8H13NO2/c9-8(7(10)11)3-1-2-5-4-6(5)8/h5-6H,1-4,9H2,(H,10,11). The van der Waals surface area contributed by atoms with Crippen molar-refractivity contribution in [2.24, 2.45) is 17.6 Å². The van der Waals surface area contributed by atoms with Crippen LogP contribution in [0.1, 0.15) is 25.7 Å². The topological polar surface area (TPSA) is 63.3 Å². The second-order valence-electron chi connectivity index (χ2n) is 3.84. The number of carboxylic acids is 1. The Morgan fingerprint density at radius 1 is 1.64 bits per heavy atom. The largest absolute Gasteiger partial charge is 0.480 e. The number of rotatable bonds is 1. The maximum Gasteiger partial charge on any atom is 0.323 e. The lowest BCUT2D eigenvalue weighted by Gasteiger charge is -2.28. The summed E-state index contributed by atoms with van der Waals surface area (Å²) in [6.07, 6.45) is 3.90. The van der Waals surface area contributed by atoms with Crippen molar-refractivity contribution in [2.75, 3.05) is 0 Å². The molecule has 62 valence electrons. The molecule has 2 rings (SSSR count). The van der Waals surface area contributed by atoms with E-state index >= 15 is 0 Å². The number of hydrogen-bond donors (Lipinski definition) is 2. The van der Waals surface area contributed by atoms with E-state index < -0.39 is 11.5 Å². The molecule has 3 nitrogen and oxygen atoms in total. The van der Waals surface area contributed by atoms with Gasteiger partial charge < -0.3 is 10.8 Å². The lowest BCUT2D eigenvalue weighted by atomic mass is 9.82. The van der Waals surface area contributed by atoms with Crippen LogP contribution in [0.4, 0.5) is 0 Å². The normalized spacial score (nSPS) is 48.1. The van der Waals surface area contributed by atoms with Crippen molar-refractivity contribution < 1.29 is 9.90 Å². The quantitative estimate of drug-likeness (QED) is 0.582. The van der Waals surface area contributed by atoms with E-state index in [9.17, 15) is 4.79 Å². The number of carbonyl (C=O) groups is 1. The predicted molar refractivity (Wildman–Crippen MR) is 40.0 cm³/mol. The zero-order valence-electron chi connectivity index (χ0n) is 6.42. The first-order chi connectivity index (χ1) is 5.14. The molecule has 0 aromatic rings. The van der Waals surface area contributed by atoms with E-state index in [0.29, 0.717) is 12.3 Å². The van der Waals surface area contributed by atoms with E-state index in [1.165, 1.54) is 6.42 Å². The van der Waals surface area contributed by atoms with Crippen LogP contribution in [0.15, 0.2) is 0 Å². The summed E-state index contributed by atoms with van der Waals surface area (Å²) >= 11 is 0. The third-order valence-electron chi connectivity index (χ3n) is 3.15. The molecule has 11 heavy (non-hydrogen) atoms. The predicted octanol–water partition coefficient (Wildman–Crippen LogP) is 0.588. The molecule has 2 fully saturated rings. The second kappa shape index (κ2) is 1.97. The van der Waals surface area contributed by atoms with Crippen molar-refractivity contribution in [1.82, 2.24) is 0 Å². The maximum atomic E-state index is 10.8. The van der Waals surface area contributed by atoms with Crippen LogP contribution < -0.4 is 5.73 Å². The number of hydrogen-bond acceptors (Lipinski definition) is 2. The van der Waals surface area contributed by atoms with E-state index in [1.54, 1.807) is 0 Å². The Bertz CT molecular complexity index is 204. The van der Waals surface area contributed by atoms with Gasteiger partial charge in [-0.1, -0.05) is 12.8 Å². The Hall–Kier alpha value is -0.570. The molecule has 2 aliphatic carbocycles. The molecule has 0 spiro atoms. The van der Waals surface area contributed by atoms with Gasteiger partial charge in [0, 0.05) is 0 Å². The molecule has 0 saturated heterocycles. The van der Waals surface area contributed by atoms with Gasteiger partial charge in [-0.05, 0) is 24.7 Å². The molecule has 0 heterocycles. The lowest BCUT2D eigenvalue weighted by Crippen LogP contribution is -2.51. The van der Waals surface area contributed by atoms with Crippen molar-refractivity contribution in [3.63, 3.8) is 0 Å². The van der Waals surface area contributed by atoms with Crippen LogP contribution in [0.25, 0.3) is 0 Å². The summed E-state index contributed by atoms with van der Waals surface area (Å²) < 4.78 is 0. The number of aliphatic carboxylic acids is 1. The molecular formula is C8H13NO2. The van der Waals surface area contributed by atoms with Gasteiger partial charge in [0.25, 0.3) is 0 Å². The SMILES string of the molecule is NC1(C(=O)O)CCCC2CC21. The summed E-state index contributed by atoms with van der Waals surface area (Å²) in [6, 6.07) is 0. The monoisotopic (exact) mass is 155 g/mol. The van der Waals surface area contributed by atoms with Crippen LogP contribution >= 0.6 is 0 Å². The summed E-state index contributed by atoms with van der Waals surface area (Å²) in [5.41, 5.74) is 4.92. The highest BCUT2D eigenvalue weighted by molar-refractivity contribution is 5.79. The van der Waals surface area contributed by atoms with Gasteiger partial charge in [0.15, 0.2) is 0 Å². The number of fused-ring (bicyclic) bond motifs is 1. The Morgan fingerprint density at radius 2 is 2.36 bits per heavy atom. The Morgan fingerprint density at radius 3 is 2.91 bits per heavy atom. The smallest absolute Gasteiger partial charge is 0.323 e. The molecule has 0 aromatic carbocycles. The molecule has 2 aliphatic rings. The molecule has 0 aliphatic heterocycles. The minimum Gasteiger partial charge on any atom is -0.480 e. The summed E-state index contributed by atoms with van der Waals surface area (Å²) in [5.74, 6) is 0.114. The fourth-order valence-corrected chi connectivity index (χ4v) is 2.31. The van der Waals surface area contributed by atoms with Gasteiger partial charge in [0.1, 0.15) is 5.54 Å². The zero-order valence-corrected chi connectivity index (χ0v) is 6.42. The van der Waals surface area contributed by atoms with E-state index in [2.05, 4.69) is 0 Å². The van der Waals surface area contributed by atoms with Gasteiger partial charge in [-0.15, -0.1) is 0 Å². The molecule has 3 unspecified atom stereocenters. The average Bonchev–Trinajstić information content (AvgIpc) is 2.67. The van der Waals surface area contributed by atoms with Crippen molar-refractivity contribution in [3.05, 3.63) is 0 Å². The molecule has 0 radical (unpaired) electrons. The van der Waals surface area contributed by atoms with E-state index in [1.807, 2.05) is 0 Å². The van der Waals surface area contributed by atoms with Gasteiger partial charge in [-0.2, -0.15) is 0 Å². The minimum absolute atomic E-state index is 0.286. The van der Waals surface area contributed by atoms with Crippen LogP contribution in [0.5, 0.6) is 0 Å². The molecule has 0 aromatic heterocycles. The molecular weight excluding hydrogens is 142 g/mol. The van der Waals surface area contributed by atoms with E-state index in [-0.39, 0.29) is 5.92 Å². The molecule has 2 saturated carbocycles. The molecule has 3 atom stereocenters. The van der Waals surface area contributed by atoms with Crippen LogP contribution in [0, 0.1) is 11.8 Å². The summed E-state index contributed by atoms with van der Waals surface area (Å²) in [6.45, 7) is 0. The van der Waals surface area contributed by atoms with Crippen LogP contribution in [-0.2, 0) is 4.79 Å². The highest BCUT2D eigenvalue weighted by Crippen LogP contribution is 2.53. The van der Waals surface area contributed by atoms with Gasteiger partial charge in [0.05, 0.1) is 0 Å². The summed E-state index contributed by atoms with van der Waals surface area (Å²) in [5, 5.41) is 8.87. The first-order valence-electron chi connectivity index (χ1n) is 4.17. The molecule has 3 N–H and O–H groups in total. The van der Waals surface area contributed by atoms with Crippen molar-refractivity contribution in [3.8, 4) is 0 Å². The number of carboxylic acid groups (broad SMARTS) is 1. The van der Waals surface area contributed by atoms with Crippen molar-refractivity contribution in [1.29, 1.82) is 0 Å². The fourth-order valence-electron chi connectivity index (χ4n) is 2.31. The van der Waals surface area contributed by atoms with E-state index in [0.717, 1.165) is 12.8 Å². The third kappa shape index (κ3) is 0.872. The second-order valence-corrected chi connectivity index (χ2v) is 3.84. The number of nitrogens with two attached hydrogens (primary N) is 1. The van der Waals surface area contributed by atoms with Gasteiger partial charge >= 0.3 is 5.97 Å². The van der Waals surface area contributed by atoms with Crippen LogP contribution in [0.2, 0.25) is 0 Å². The maximum absolute atomic E-state index is 10.8. The highest BCUT2D eigenvalue weighted by atomic mass is 16.4. The molecule has 3 heteroatoms. The van der Waals surface area contributed by atoms with Crippen molar-refractivity contribution in [2.45, 2.75) is 31.2 Å². The fraction of sp³-hybridized carbons (Fsp3) is 0.875. The van der Waals surface area contributed by atoms with Crippen LogP contribution in [0.3, 0.4) is 0 Å². The Kier molecular flexibility index (Phi) is 1.27. The Labute approximate surface area is 65.6 Å². The third-order valence-corrected chi connectivity index (χ3v) is 3.15. The summed E-state index contributed by atoms with van der Waals surface area (Å²) in [4.78, 5) is 10.8. The van der Waals surface area contributed by atoms with Gasteiger partial charge in [-0.3, -0.25) is 4.79 Å². The highest BCUT2D eigenvalue weighted by Gasteiger charge is 2.56. The molecule has 0 amide bonds. The Balaban J connectivity index is 2.17. The van der Waals surface area contributed by atoms with E-state index in [4.69, 9.17) is 10.8 Å². The lowest BCUT2D eigenvalue weighted by molar-refractivity contribution is -0.145. The molecule has 0 bridgehead atoms. The average molecular weight is 155 g/mol. The first kappa shape index (κ1) is 7.10. The summed E-state index contributed by atoms with van der Waals surface area (Å²) in [7, 11) is 0.